The summed E-state index contributed by atoms with van der Waals surface area (Å²) in [6.45, 7) is 8.85. The van der Waals surface area contributed by atoms with Gasteiger partial charge in [-0.1, -0.05) is 50.1 Å². The zero-order valence-corrected chi connectivity index (χ0v) is 12.2. The Labute approximate surface area is 120 Å². The molecule has 0 aliphatic rings. The second-order valence-corrected chi connectivity index (χ2v) is 4.88. The van der Waals surface area contributed by atoms with Gasteiger partial charge in [0.25, 0.3) is 0 Å². The highest BCUT2D eigenvalue weighted by atomic mass is 15.6. The van der Waals surface area contributed by atoms with E-state index < -0.39 is 0 Å². The molecule has 1 heterocycles. The summed E-state index contributed by atoms with van der Waals surface area (Å²) in [6.07, 6.45) is 5.35. The topological polar surface area (TPSA) is 43.6 Å². The molecule has 0 atom stereocenters. The van der Waals surface area contributed by atoms with Gasteiger partial charge in [0.2, 0.25) is 5.82 Å². The first kappa shape index (κ1) is 14.4. The second-order valence-electron chi connectivity index (χ2n) is 4.88. The summed E-state index contributed by atoms with van der Waals surface area (Å²) in [4.78, 5) is 1.68. The largest absolute Gasteiger partial charge is 0.204 e. The molecule has 0 saturated heterocycles. The van der Waals surface area contributed by atoms with E-state index in [0.29, 0.717) is 5.82 Å². The number of rotatable bonds is 6. The first-order valence-corrected chi connectivity index (χ1v) is 7.09. The van der Waals surface area contributed by atoms with Crippen LogP contribution in [0.5, 0.6) is 0 Å². The molecular weight excluding hydrogens is 248 g/mol. The number of allylic oxidation sites excluding steroid dienone is 2. The molecule has 0 bridgehead atoms. The van der Waals surface area contributed by atoms with E-state index in [1.807, 2.05) is 25.1 Å². The lowest BCUT2D eigenvalue weighted by molar-refractivity contribution is 0.486. The zero-order chi connectivity index (χ0) is 14.4. The van der Waals surface area contributed by atoms with E-state index in [-0.39, 0.29) is 0 Å². The number of tetrazole rings is 1. The van der Waals surface area contributed by atoms with Gasteiger partial charge in [0.1, 0.15) is 0 Å². The Bertz CT molecular complexity index is 566. The van der Waals surface area contributed by atoms with E-state index in [0.717, 1.165) is 24.1 Å². The van der Waals surface area contributed by atoms with Crippen molar-refractivity contribution < 1.29 is 0 Å². The van der Waals surface area contributed by atoms with Crippen LogP contribution in [0.2, 0.25) is 0 Å². The molecule has 1 aromatic carbocycles. The van der Waals surface area contributed by atoms with Crippen molar-refractivity contribution in [3.8, 4) is 11.4 Å². The molecule has 4 heteroatoms. The van der Waals surface area contributed by atoms with Crippen LogP contribution < -0.4 is 0 Å². The Morgan fingerprint density at radius 3 is 2.65 bits per heavy atom. The standard InChI is InChI=1S/C16H21N4/c1-4-6-7-12-20-18-16(17-19-20)15-10-8-14(9-11-15)13(3)5-2/h5,8-11H,2,4,6-7,12H2,1,3H3. The minimum Gasteiger partial charge on any atom is -0.164 e. The van der Waals surface area contributed by atoms with Gasteiger partial charge in [-0.05, 0) is 36.6 Å². The second kappa shape index (κ2) is 6.98. The van der Waals surface area contributed by atoms with E-state index in [1.165, 1.54) is 18.4 Å². The van der Waals surface area contributed by atoms with Gasteiger partial charge >= 0.3 is 0 Å². The predicted octanol–water partition coefficient (Wildman–Crippen LogP) is 3.77. The molecule has 0 amide bonds. The number of hydrogen-bond donors (Lipinski definition) is 0. The van der Waals surface area contributed by atoms with Crippen molar-refractivity contribution >= 4 is 5.57 Å². The van der Waals surface area contributed by atoms with E-state index in [1.54, 1.807) is 4.80 Å². The molecule has 0 aliphatic heterocycles. The fourth-order valence-electron chi connectivity index (χ4n) is 1.96. The maximum atomic E-state index is 4.41. The molecule has 0 N–H and O–H groups in total. The summed E-state index contributed by atoms with van der Waals surface area (Å²) >= 11 is 0. The molecule has 0 aliphatic carbocycles. The number of benzene rings is 1. The monoisotopic (exact) mass is 269 g/mol. The van der Waals surface area contributed by atoms with Crippen LogP contribution >= 0.6 is 0 Å². The fraction of sp³-hybridized carbons (Fsp3) is 0.375. The van der Waals surface area contributed by atoms with Crippen molar-refractivity contribution in [3.05, 3.63) is 42.8 Å². The van der Waals surface area contributed by atoms with Crippen LogP contribution in [0.4, 0.5) is 0 Å². The number of unbranched alkanes of at least 4 members (excludes halogenated alkanes) is 2. The summed E-state index contributed by atoms with van der Waals surface area (Å²) in [7, 11) is 0. The summed E-state index contributed by atoms with van der Waals surface area (Å²) in [5.74, 6) is 0.685. The molecule has 1 radical (unpaired) electrons. The maximum absolute atomic E-state index is 4.41. The molecule has 4 nitrogen and oxygen atoms in total. The third kappa shape index (κ3) is 3.53. The summed E-state index contributed by atoms with van der Waals surface area (Å²) in [5.41, 5.74) is 3.32. The van der Waals surface area contributed by atoms with Crippen LogP contribution in [-0.2, 0) is 6.54 Å². The van der Waals surface area contributed by atoms with Gasteiger partial charge in [-0.2, -0.15) is 4.80 Å². The van der Waals surface area contributed by atoms with Gasteiger partial charge < -0.3 is 0 Å². The minimum atomic E-state index is 0.685. The number of hydrogen-bond acceptors (Lipinski definition) is 3. The molecule has 2 rings (SSSR count). The Kier molecular flexibility index (Phi) is 5.04. The van der Waals surface area contributed by atoms with Crippen molar-refractivity contribution in [2.24, 2.45) is 0 Å². The highest BCUT2D eigenvalue weighted by Crippen LogP contribution is 2.19. The van der Waals surface area contributed by atoms with Crippen LogP contribution in [0.3, 0.4) is 0 Å². The van der Waals surface area contributed by atoms with Crippen molar-refractivity contribution in [1.29, 1.82) is 0 Å². The van der Waals surface area contributed by atoms with Gasteiger partial charge in [0.05, 0.1) is 6.54 Å². The Balaban J connectivity index is 2.08. The molecule has 20 heavy (non-hydrogen) atoms. The average Bonchev–Trinajstić information content (AvgIpc) is 2.96. The molecular formula is C16H21N4. The molecule has 0 fully saturated rings. The minimum absolute atomic E-state index is 0.685. The molecule has 0 unspecified atom stereocenters. The lowest BCUT2D eigenvalue weighted by Gasteiger charge is -2.01. The van der Waals surface area contributed by atoms with Crippen molar-refractivity contribution in [1.82, 2.24) is 20.2 Å². The van der Waals surface area contributed by atoms with Crippen molar-refractivity contribution in [2.75, 3.05) is 0 Å². The van der Waals surface area contributed by atoms with Crippen LogP contribution in [0.1, 0.15) is 38.7 Å². The molecule has 105 valence electrons. The Morgan fingerprint density at radius 2 is 2.00 bits per heavy atom. The lowest BCUT2D eigenvalue weighted by atomic mass is 10.1. The molecule has 0 saturated carbocycles. The van der Waals surface area contributed by atoms with E-state index in [4.69, 9.17) is 0 Å². The lowest BCUT2D eigenvalue weighted by Crippen LogP contribution is -2.02. The van der Waals surface area contributed by atoms with E-state index in [9.17, 15) is 0 Å². The van der Waals surface area contributed by atoms with Crippen molar-refractivity contribution in [3.63, 3.8) is 0 Å². The molecule has 1 aromatic heterocycles. The number of aromatic nitrogens is 4. The number of aryl methyl sites for hydroxylation is 1. The normalized spacial score (nSPS) is 11.8. The SMILES string of the molecule is [CH2]C=C(C)c1ccc(-c2nnn(CCCCC)n2)cc1. The fourth-order valence-corrected chi connectivity index (χ4v) is 1.96. The van der Waals surface area contributed by atoms with Gasteiger partial charge in [-0.25, -0.2) is 0 Å². The van der Waals surface area contributed by atoms with Crippen LogP contribution in [-0.4, -0.2) is 20.2 Å². The third-order valence-corrected chi connectivity index (χ3v) is 3.32. The van der Waals surface area contributed by atoms with Gasteiger partial charge in [0.15, 0.2) is 0 Å². The summed E-state index contributed by atoms with van der Waals surface area (Å²) in [5, 5.41) is 12.6. The van der Waals surface area contributed by atoms with Crippen LogP contribution in [0, 0.1) is 6.92 Å². The first-order valence-electron chi connectivity index (χ1n) is 7.09. The van der Waals surface area contributed by atoms with E-state index in [2.05, 4.69) is 41.4 Å². The third-order valence-electron chi connectivity index (χ3n) is 3.32. The molecule has 0 spiro atoms. The van der Waals surface area contributed by atoms with E-state index >= 15 is 0 Å². The van der Waals surface area contributed by atoms with Gasteiger partial charge in [0, 0.05) is 5.56 Å². The van der Waals surface area contributed by atoms with Gasteiger partial charge in [-0.3, -0.25) is 0 Å². The zero-order valence-electron chi connectivity index (χ0n) is 12.2. The summed E-state index contributed by atoms with van der Waals surface area (Å²) in [6, 6.07) is 8.17. The highest BCUT2D eigenvalue weighted by Gasteiger charge is 2.06. The van der Waals surface area contributed by atoms with Crippen LogP contribution in [0.15, 0.2) is 30.3 Å². The maximum Gasteiger partial charge on any atom is 0.204 e. The highest BCUT2D eigenvalue weighted by molar-refractivity contribution is 5.67. The van der Waals surface area contributed by atoms with Gasteiger partial charge in [-0.15, -0.1) is 10.2 Å². The van der Waals surface area contributed by atoms with Crippen LogP contribution in [0.25, 0.3) is 17.0 Å². The van der Waals surface area contributed by atoms with Crippen molar-refractivity contribution in [2.45, 2.75) is 39.7 Å². The smallest absolute Gasteiger partial charge is 0.164 e. The quantitative estimate of drug-likeness (QED) is 0.750. The Morgan fingerprint density at radius 1 is 1.25 bits per heavy atom. The molecule has 2 aromatic rings. The number of nitrogens with zero attached hydrogens (tertiary/aromatic N) is 4. The predicted molar refractivity (Wildman–Crippen MR) is 81.8 cm³/mol. The summed E-state index contributed by atoms with van der Waals surface area (Å²) < 4.78 is 0. The Hall–Kier alpha value is -1.97. The average molecular weight is 269 g/mol. The first-order chi connectivity index (χ1) is 9.74.